The van der Waals surface area contributed by atoms with E-state index in [1.165, 1.54) is 37.7 Å². The largest absolute Gasteiger partial charge is 0.370 e. The van der Waals surface area contributed by atoms with Crippen LogP contribution in [0.2, 0.25) is 0 Å². The van der Waals surface area contributed by atoms with Gasteiger partial charge in [-0.25, -0.2) is 9.13 Å². The summed E-state index contributed by atoms with van der Waals surface area (Å²) >= 11 is 0. The van der Waals surface area contributed by atoms with Gasteiger partial charge in [0.05, 0.1) is 6.61 Å². The van der Waals surface area contributed by atoms with Crippen molar-refractivity contribution < 1.29 is 14.4 Å². The molecule has 4 rings (SSSR count). The smallest absolute Gasteiger partial charge is 0.300 e. The third kappa shape index (κ3) is 6.31. The Morgan fingerprint density at radius 1 is 0.750 bits per heavy atom. The number of imidazole rings is 1. The van der Waals surface area contributed by atoms with Gasteiger partial charge in [-0.1, -0.05) is 130 Å². The fourth-order valence-corrected chi connectivity index (χ4v) is 4.83. The number of hydrogen-bond acceptors (Lipinski definition) is 2. The first-order chi connectivity index (χ1) is 17.7. The Kier molecular flexibility index (Phi) is 9.48. The molecule has 0 radical (unpaired) electrons. The van der Waals surface area contributed by atoms with Crippen molar-refractivity contribution in [3.8, 4) is 0 Å². The average Bonchev–Trinajstić information content (AvgIpc) is 3.34. The van der Waals surface area contributed by atoms with E-state index in [0.29, 0.717) is 13.3 Å². The molecule has 1 aromatic heterocycles. The van der Waals surface area contributed by atoms with Crippen LogP contribution in [0.15, 0.2) is 103 Å². The summed E-state index contributed by atoms with van der Waals surface area (Å²) in [4.78, 5) is 0. The lowest BCUT2D eigenvalue weighted by Gasteiger charge is -2.27. The predicted molar refractivity (Wildman–Crippen MR) is 144 cm³/mol. The van der Waals surface area contributed by atoms with E-state index in [9.17, 15) is 5.11 Å². The quantitative estimate of drug-likeness (QED) is 0.165. The minimum Gasteiger partial charge on any atom is -0.370 e. The highest BCUT2D eigenvalue weighted by Crippen LogP contribution is 2.35. The van der Waals surface area contributed by atoms with E-state index in [4.69, 9.17) is 4.74 Å². The van der Waals surface area contributed by atoms with E-state index in [2.05, 4.69) is 40.3 Å². The normalized spacial score (nSPS) is 11.6. The van der Waals surface area contributed by atoms with Gasteiger partial charge in [-0.05, 0) is 12.0 Å². The monoisotopic (exact) mass is 483 g/mol. The lowest BCUT2D eigenvalue weighted by molar-refractivity contribution is -0.700. The molecule has 0 aliphatic heterocycles. The molecule has 0 unspecified atom stereocenters. The maximum Gasteiger partial charge on any atom is 0.300 e. The van der Waals surface area contributed by atoms with Gasteiger partial charge in [-0.15, -0.1) is 0 Å². The van der Waals surface area contributed by atoms with Crippen LogP contribution in [-0.4, -0.2) is 16.3 Å². The van der Waals surface area contributed by atoms with Gasteiger partial charge in [-0.3, -0.25) is 0 Å². The fraction of sp³-hybridized carbons (Fsp3) is 0.344. The second-order valence-electron chi connectivity index (χ2n) is 9.45. The Hall–Kier alpha value is -3.21. The summed E-state index contributed by atoms with van der Waals surface area (Å²) in [5, 5.41) is 12.6. The minimum absolute atomic E-state index is 0.397. The summed E-state index contributed by atoms with van der Waals surface area (Å²) in [6.45, 7) is 4.02. The van der Waals surface area contributed by atoms with Crippen LogP contribution in [0.5, 0.6) is 0 Å². The molecule has 0 fully saturated rings. The first-order valence-electron chi connectivity index (χ1n) is 13.3. The van der Waals surface area contributed by atoms with E-state index >= 15 is 0 Å². The molecular weight excluding hydrogens is 444 g/mol. The van der Waals surface area contributed by atoms with Crippen LogP contribution in [0, 0.1) is 0 Å². The Morgan fingerprint density at radius 2 is 1.31 bits per heavy atom. The van der Waals surface area contributed by atoms with Crippen LogP contribution < -0.4 is 4.57 Å². The van der Waals surface area contributed by atoms with E-state index in [1.807, 2.05) is 79.1 Å². The topological polar surface area (TPSA) is 38.3 Å². The maximum absolute atomic E-state index is 12.6. The summed E-state index contributed by atoms with van der Waals surface area (Å²) in [5.41, 5.74) is 1.49. The third-order valence-electron chi connectivity index (χ3n) is 6.75. The van der Waals surface area contributed by atoms with E-state index in [1.54, 1.807) is 0 Å². The molecule has 188 valence electrons. The molecule has 0 spiro atoms. The Balaban J connectivity index is 1.65. The number of aliphatic hydroxyl groups is 1. The van der Waals surface area contributed by atoms with Crippen molar-refractivity contribution in [3.05, 3.63) is 126 Å². The lowest BCUT2D eigenvalue weighted by Crippen LogP contribution is -2.47. The van der Waals surface area contributed by atoms with Crippen LogP contribution in [0.4, 0.5) is 0 Å². The molecule has 1 heterocycles. The van der Waals surface area contributed by atoms with Crippen LogP contribution in [0.1, 0.15) is 68.0 Å². The molecule has 0 bridgehead atoms. The molecule has 0 saturated heterocycles. The zero-order chi connectivity index (χ0) is 25.1. The maximum atomic E-state index is 12.6. The molecule has 0 saturated carbocycles. The van der Waals surface area contributed by atoms with Gasteiger partial charge >= 0.3 is 5.82 Å². The molecule has 0 atom stereocenters. The fourth-order valence-electron chi connectivity index (χ4n) is 4.83. The molecule has 3 aromatic carbocycles. The molecule has 36 heavy (non-hydrogen) atoms. The number of hydrogen-bond donors (Lipinski definition) is 1. The van der Waals surface area contributed by atoms with Crippen molar-refractivity contribution in [1.29, 1.82) is 0 Å². The summed E-state index contributed by atoms with van der Waals surface area (Å²) in [6, 6.07) is 30.2. The minimum atomic E-state index is -1.34. The zero-order valence-electron chi connectivity index (χ0n) is 21.4. The van der Waals surface area contributed by atoms with E-state index in [-0.39, 0.29) is 0 Å². The standard InChI is InChI=1S/C32H39N2O2/c1-2-3-4-5-6-16-25-36-27-34-24-23-33(26-28-17-10-7-11-18-28)31(34)32(35,29-19-12-8-13-20-29)30-21-14-9-15-22-30/h7-15,17-24,35H,2-6,16,25-27H2,1H3/q+1. The number of benzene rings is 3. The molecular formula is C32H39N2O2+. The van der Waals surface area contributed by atoms with Crippen LogP contribution in [0.25, 0.3) is 0 Å². The summed E-state index contributed by atoms with van der Waals surface area (Å²) in [7, 11) is 0. The highest BCUT2D eigenvalue weighted by Gasteiger charge is 2.44. The SMILES string of the molecule is CCCCCCCCOCn1cc[n+](Cc2ccccc2)c1C(O)(c1ccccc1)c1ccccc1. The molecule has 0 aliphatic carbocycles. The van der Waals surface area contributed by atoms with Gasteiger partial charge in [0.15, 0.2) is 6.73 Å². The molecule has 1 N–H and O–H groups in total. The first-order valence-corrected chi connectivity index (χ1v) is 13.3. The summed E-state index contributed by atoms with van der Waals surface area (Å²) < 4.78 is 10.3. The molecule has 0 amide bonds. The van der Waals surface area contributed by atoms with Gasteiger partial charge < -0.3 is 9.84 Å². The van der Waals surface area contributed by atoms with Crippen molar-refractivity contribution in [2.45, 2.75) is 64.3 Å². The molecule has 4 heteroatoms. The number of ether oxygens (including phenoxy) is 1. The van der Waals surface area contributed by atoms with Gasteiger partial charge in [0, 0.05) is 11.1 Å². The summed E-state index contributed by atoms with van der Waals surface area (Å²) in [5.74, 6) is 0.784. The summed E-state index contributed by atoms with van der Waals surface area (Å²) in [6.07, 6.45) is 11.5. The molecule has 4 aromatic rings. The van der Waals surface area contributed by atoms with Crippen molar-refractivity contribution in [3.63, 3.8) is 0 Å². The van der Waals surface area contributed by atoms with Gasteiger partial charge in [0.1, 0.15) is 18.9 Å². The van der Waals surface area contributed by atoms with Crippen LogP contribution >= 0.6 is 0 Å². The lowest BCUT2D eigenvalue weighted by atomic mass is 9.85. The van der Waals surface area contributed by atoms with E-state index < -0.39 is 5.60 Å². The van der Waals surface area contributed by atoms with Gasteiger partial charge in [0.25, 0.3) is 0 Å². The van der Waals surface area contributed by atoms with Crippen molar-refractivity contribution in [2.24, 2.45) is 0 Å². The second-order valence-corrected chi connectivity index (χ2v) is 9.45. The van der Waals surface area contributed by atoms with E-state index in [0.717, 1.165) is 30.0 Å². The highest BCUT2D eigenvalue weighted by atomic mass is 16.5. The number of unbranched alkanes of at least 4 members (excludes halogenated alkanes) is 5. The Morgan fingerprint density at radius 3 is 1.92 bits per heavy atom. The molecule has 0 aliphatic rings. The Labute approximate surface area is 215 Å². The van der Waals surface area contributed by atoms with Crippen LogP contribution in [0.3, 0.4) is 0 Å². The Bertz CT molecular complexity index is 1120. The predicted octanol–water partition coefficient (Wildman–Crippen LogP) is 6.44. The highest BCUT2D eigenvalue weighted by molar-refractivity contribution is 5.41. The molecule has 4 nitrogen and oxygen atoms in total. The average molecular weight is 484 g/mol. The van der Waals surface area contributed by atoms with Gasteiger partial charge in [-0.2, -0.15) is 0 Å². The van der Waals surface area contributed by atoms with Crippen molar-refractivity contribution in [2.75, 3.05) is 6.61 Å². The van der Waals surface area contributed by atoms with Crippen LogP contribution in [-0.2, 0) is 23.6 Å². The number of nitrogens with zero attached hydrogens (tertiary/aromatic N) is 2. The van der Waals surface area contributed by atoms with Gasteiger partial charge in [0.2, 0.25) is 5.60 Å². The third-order valence-corrected chi connectivity index (χ3v) is 6.75. The zero-order valence-corrected chi connectivity index (χ0v) is 21.4. The van der Waals surface area contributed by atoms with Crippen molar-refractivity contribution in [1.82, 2.24) is 4.57 Å². The van der Waals surface area contributed by atoms with Crippen molar-refractivity contribution >= 4 is 0 Å². The number of rotatable bonds is 14. The number of aromatic nitrogens is 2. The first kappa shape index (κ1) is 25.9. The second kappa shape index (κ2) is 13.2.